The van der Waals surface area contributed by atoms with Crippen molar-refractivity contribution in [2.45, 2.75) is 30.1 Å². The van der Waals surface area contributed by atoms with Gasteiger partial charge in [0.1, 0.15) is 5.75 Å². The third-order valence-electron chi connectivity index (χ3n) is 6.72. The fourth-order valence-electron chi connectivity index (χ4n) is 4.44. The minimum absolute atomic E-state index is 0.128. The van der Waals surface area contributed by atoms with Gasteiger partial charge in [-0.05, 0) is 55.1 Å². The van der Waals surface area contributed by atoms with E-state index in [0.717, 1.165) is 29.2 Å². The number of non-ortho nitro benzene ring substituents is 1. The Balaban J connectivity index is 1.73. The molecule has 9 nitrogen and oxygen atoms in total. The first kappa shape index (κ1) is 28.1. The lowest BCUT2D eigenvalue weighted by atomic mass is 10.0. The van der Waals surface area contributed by atoms with E-state index < -0.39 is 22.2 Å². The summed E-state index contributed by atoms with van der Waals surface area (Å²) >= 11 is 1.47. The van der Waals surface area contributed by atoms with Gasteiger partial charge in [0.25, 0.3) is 11.6 Å². The van der Waals surface area contributed by atoms with Crippen LogP contribution < -0.4 is 9.64 Å². The molecule has 10 heteroatoms. The first-order valence-corrected chi connectivity index (χ1v) is 13.6. The number of esters is 1. The van der Waals surface area contributed by atoms with Crippen LogP contribution in [-0.4, -0.2) is 61.1 Å². The van der Waals surface area contributed by atoms with Crippen molar-refractivity contribution in [2.75, 3.05) is 38.2 Å². The summed E-state index contributed by atoms with van der Waals surface area (Å²) in [6.07, 6.45) is -1.14. The molecule has 1 amide bonds. The maximum absolute atomic E-state index is 14.2. The van der Waals surface area contributed by atoms with Crippen molar-refractivity contribution < 1.29 is 24.0 Å². The number of likely N-dealkylation sites (N-methyl/N-ethyl adjacent to an activating group) is 1. The number of para-hydroxylation sites is 1. The minimum atomic E-state index is -1.14. The van der Waals surface area contributed by atoms with Crippen molar-refractivity contribution in [2.24, 2.45) is 0 Å². The molecule has 0 unspecified atom stereocenters. The number of carbonyl (C=O) groups excluding carboxylic acids is 2. The van der Waals surface area contributed by atoms with Crippen LogP contribution in [0.25, 0.3) is 0 Å². The Morgan fingerprint density at radius 1 is 1.03 bits per heavy atom. The summed E-state index contributed by atoms with van der Waals surface area (Å²) in [5.41, 5.74) is 1.56. The van der Waals surface area contributed by atoms with Gasteiger partial charge in [-0.15, -0.1) is 11.8 Å². The van der Waals surface area contributed by atoms with Crippen LogP contribution in [0.15, 0.2) is 77.7 Å². The van der Waals surface area contributed by atoms with Crippen molar-refractivity contribution in [1.82, 2.24) is 4.90 Å². The van der Waals surface area contributed by atoms with E-state index in [-0.39, 0.29) is 17.2 Å². The van der Waals surface area contributed by atoms with Gasteiger partial charge in [-0.25, -0.2) is 4.79 Å². The number of hydrogen-bond acceptors (Lipinski definition) is 8. The molecular weight excluding hydrogens is 518 g/mol. The number of methoxy groups -OCH3 is 1. The molecule has 0 N–H and O–H groups in total. The number of rotatable bonds is 10. The highest BCUT2D eigenvalue weighted by Gasteiger charge is 2.41. The number of nitro benzene ring substituents is 1. The highest BCUT2D eigenvalue weighted by atomic mass is 32.2. The Labute approximate surface area is 231 Å². The predicted octanol–water partition coefficient (Wildman–Crippen LogP) is 5.35. The molecule has 0 spiro atoms. The summed E-state index contributed by atoms with van der Waals surface area (Å²) in [4.78, 5) is 42.8. The number of anilines is 1. The monoisotopic (exact) mass is 549 g/mol. The number of carbonyl (C=O) groups is 2. The lowest BCUT2D eigenvalue weighted by molar-refractivity contribution is -0.384. The highest BCUT2D eigenvalue weighted by molar-refractivity contribution is 7.99. The van der Waals surface area contributed by atoms with Gasteiger partial charge in [-0.1, -0.05) is 38.1 Å². The number of benzene rings is 3. The van der Waals surface area contributed by atoms with Crippen LogP contribution in [0, 0.1) is 10.1 Å². The number of nitro groups is 1. The largest absolute Gasteiger partial charge is 0.497 e. The smallest absolute Gasteiger partial charge is 0.338 e. The van der Waals surface area contributed by atoms with Crippen molar-refractivity contribution in [3.05, 3.63) is 94.0 Å². The van der Waals surface area contributed by atoms with Crippen molar-refractivity contribution in [3.63, 3.8) is 0 Å². The van der Waals surface area contributed by atoms with E-state index >= 15 is 0 Å². The average molecular weight is 550 g/mol. The molecule has 1 aliphatic rings. The zero-order valence-electron chi connectivity index (χ0n) is 22.1. The van der Waals surface area contributed by atoms with Crippen LogP contribution in [0.5, 0.6) is 5.75 Å². The molecule has 1 aliphatic heterocycles. The van der Waals surface area contributed by atoms with Crippen LogP contribution in [0.1, 0.15) is 35.0 Å². The van der Waals surface area contributed by atoms with Gasteiger partial charge in [0.2, 0.25) is 0 Å². The second kappa shape index (κ2) is 12.8. The summed E-state index contributed by atoms with van der Waals surface area (Å²) in [6, 6.07) is 20.2. The molecule has 0 saturated carbocycles. The lowest BCUT2D eigenvalue weighted by Crippen LogP contribution is -2.46. The Morgan fingerprint density at radius 2 is 1.69 bits per heavy atom. The molecule has 39 heavy (non-hydrogen) atoms. The van der Waals surface area contributed by atoms with Crippen molar-refractivity contribution >= 4 is 35.0 Å². The van der Waals surface area contributed by atoms with Gasteiger partial charge in [0.05, 0.1) is 28.5 Å². The van der Waals surface area contributed by atoms with E-state index in [9.17, 15) is 19.7 Å². The third-order valence-corrected chi connectivity index (χ3v) is 8.09. The third kappa shape index (κ3) is 6.40. The fourth-order valence-corrected chi connectivity index (χ4v) is 5.76. The summed E-state index contributed by atoms with van der Waals surface area (Å²) in [6.45, 7) is 6.94. The first-order valence-electron chi connectivity index (χ1n) is 12.7. The van der Waals surface area contributed by atoms with Gasteiger partial charge >= 0.3 is 5.97 Å². The molecule has 0 saturated heterocycles. The molecule has 0 fully saturated rings. The Kier molecular flexibility index (Phi) is 9.21. The maximum atomic E-state index is 14.2. The highest BCUT2D eigenvalue weighted by Crippen LogP contribution is 2.47. The molecule has 0 aliphatic carbocycles. The zero-order valence-corrected chi connectivity index (χ0v) is 22.9. The summed E-state index contributed by atoms with van der Waals surface area (Å²) in [5.74, 6) is -0.378. The first-order chi connectivity index (χ1) is 18.9. The second-order valence-electron chi connectivity index (χ2n) is 8.93. The van der Waals surface area contributed by atoms with Gasteiger partial charge < -0.3 is 19.3 Å². The zero-order chi connectivity index (χ0) is 27.9. The molecule has 4 rings (SSSR count). The SMILES string of the molecule is CCN(CC)CCN1C(=O)[C@@H](OC(=O)c2ccc([N+](=O)[O-])cc2)[C@@H](c2ccc(OC)cc2)Sc2ccccc21. The van der Waals surface area contributed by atoms with E-state index in [2.05, 4.69) is 18.7 Å². The predicted molar refractivity (Wildman–Crippen MR) is 150 cm³/mol. The number of thioether (sulfide) groups is 1. The number of amides is 1. The molecule has 1 heterocycles. The number of nitrogens with zero attached hydrogens (tertiary/aromatic N) is 3. The average Bonchev–Trinajstić information content (AvgIpc) is 3.08. The van der Waals surface area contributed by atoms with Gasteiger partial charge in [0, 0.05) is 30.1 Å². The van der Waals surface area contributed by atoms with E-state index in [0.29, 0.717) is 18.8 Å². The van der Waals surface area contributed by atoms with Gasteiger partial charge in [-0.3, -0.25) is 14.9 Å². The Hall–Kier alpha value is -3.89. The molecular formula is C29H31N3O6S. The summed E-state index contributed by atoms with van der Waals surface area (Å²) < 4.78 is 11.3. The second-order valence-corrected chi connectivity index (χ2v) is 10.1. The molecule has 2 atom stereocenters. The van der Waals surface area contributed by atoms with Crippen LogP contribution in [-0.2, 0) is 9.53 Å². The van der Waals surface area contributed by atoms with Gasteiger partial charge in [-0.2, -0.15) is 0 Å². The fraction of sp³-hybridized carbons (Fsp3) is 0.310. The molecule has 0 radical (unpaired) electrons. The molecule has 204 valence electrons. The minimum Gasteiger partial charge on any atom is -0.497 e. The molecule has 3 aromatic carbocycles. The summed E-state index contributed by atoms with van der Waals surface area (Å²) in [5, 5.41) is 10.5. The van der Waals surface area contributed by atoms with Crippen LogP contribution in [0.4, 0.5) is 11.4 Å². The van der Waals surface area contributed by atoms with Gasteiger partial charge in [0.15, 0.2) is 6.10 Å². The molecule has 3 aromatic rings. The van der Waals surface area contributed by atoms with E-state index in [1.807, 2.05) is 48.5 Å². The Bertz CT molecular complexity index is 1310. The van der Waals surface area contributed by atoms with Crippen molar-refractivity contribution in [3.8, 4) is 5.75 Å². The van der Waals surface area contributed by atoms with Crippen molar-refractivity contribution in [1.29, 1.82) is 0 Å². The number of fused-ring (bicyclic) bond motifs is 1. The number of hydrogen-bond donors (Lipinski definition) is 0. The normalized spacial score (nSPS) is 16.9. The number of ether oxygens (including phenoxy) is 2. The molecule has 0 bridgehead atoms. The van der Waals surface area contributed by atoms with Crippen LogP contribution in [0.3, 0.4) is 0 Å². The van der Waals surface area contributed by atoms with E-state index in [1.54, 1.807) is 12.0 Å². The quantitative estimate of drug-likeness (QED) is 0.189. The summed E-state index contributed by atoms with van der Waals surface area (Å²) in [7, 11) is 1.58. The maximum Gasteiger partial charge on any atom is 0.338 e. The van der Waals surface area contributed by atoms with E-state index in [1.165, 1.54) is 36.0 Å². The Morgan fingerprint density at radius 3 is 2.31 bits per heavy atom. The van der Waals surface area contributed by atoms with Crippen LogP contribution >= 0.6 is 11.8 Å². The lowest BCUT2D eigenvalue weighted by Gasteiger charge is -2.29. The standard InChI is InChI=1S/C29H31N3O6S/c1-4-30(5-2)18-19-31-24-8-6-7-9-25(24)39-27(20-12-16-23(37-3)17-13-20)26(28(31)33)38-29(34)21-10-14-22(15-11-21)32(35)36/h6-17,26-27H,4-5,18-19H2,1-3H3/t26-,27+/m0/s1. The van der Waals surface area contributed by atoms with E-state index in [4.69, 9.17) is 9.47 Å². The molecule has 0 aromatic heterocycles. The van der Waals surface area contributed by atoms with Crippen LogP contribution in [0.2, 0.25) is 0 Å². The topological polar surface area (TPSA) is 102 Å².